The third-order valence-corrected chi connectivity index (χ3v) is 4.17. The van der Waals surface area contributed by atoms with Crippen LogP contribution in [0.4, 0.5) is 0 Å². The van der Waals surface area contributed by atoms with Gasteiger partial charge in [0.25, 0.3) is 0 Å². The third-order valence-electron chi connectivity index (χ3n) is 4.17. The average molecular weight is 512 g/mol. The molecule has 158 valence electrons. The van der Waals surface area contributed by atoms with Crippen molar-refractivity contribution < 1.29 is 4.42 Å². The number of rotatable bonds is 9. The van der Waals surface area contributed by atoms with Gasteiger partial charge in [0.1, 0.15) is 5.82 Å². The molecule has 0 fully saturated rings. The lowest BCUT2D eigenvalue weighted by molar-refractivity contribution is 0.567. The molecule has 3 heterocycles. The lowest BCUT2D eigenvalue weighted by Crippen LogP contribution is -2.38. The Morgan fingerprint density at radius 1 is 1.31 bits per heavy atom. The normalized spacial score (nSPS) is 11.3. The molecule has 0 radical (unpaired) electrons. The molecule has 0 amide bonds. The van der Waals surface area contributed by atoms with Crippen molar-refractivity contribution in [1.29, 1.82) is 0 Å². The van der Waals surface area contributed by atoms with Crippen molar-refractivity contribution in [3.8, 4) is 11.6 Å². The van der Waals surface area contributed by atoms with Crippen molar-refractivity contribution in [2.24, 2.45) is 4.99 Å². The number of guanidine groups is 1. The van der Waals surface area contributed by atoms with Gasteiger partial charge < -0.3 is 15.1 Å². The molecule has 0 saturated carbocycles. The van der Waals surface area contributed by atoms with E-state index < -0.39 is 0 Å². The van der Waals surface area contributed by atoms with Gasteiger partial charge in [0.05, 0.1) is 12.0 Å². The highest BCUT2D eigenvalue weighted by Crippen LogP contribution is 2.14. The van der Waals surface area contributed by atoms with Crippen molar-refractivity contribution in [2.45, 2.75) is 40.2 Å². The van der Waals surface area contributed by atoms with Crippen molar-refractivity contribution in [3.63, 3.8) is 0 Å². The first-order valence-corrected chi connectivity index (χ1v) is 9.64. The standard InChI is InChI=1S/C19H28N8O.HI/c1-4-20-19(21-9-6-11-27-15(3)13-14(2)26-27)22-10-8-17-23-18(25-24-17)16-7-5-12-28-16;/h5,7,12-13H,4,6,8-11H2,1-3H3,(H2,20,21,22)(H,23,24,25);1H. The number of halogens is 1. The zero-order valence-corrected chi connectivity index (χ0v) is 19.4. The van der Waals surface area contributed by atoms with Crippen molar-refractivity contribution in [2.75, 3.05) is 19.6 Å². The van der Waals surface area contributed by atoms with E-state index in [1.807, 2.05) is 23.7 Å². The first-order valence-electron chi connectivity index (χ1n) is 9.64. The van der Waals surface area contributed by atoms with E-state index in [1.54, 1.807) is 6.26 Å². The number of hydrogen-bond acceptors (Lipinski definition) is 5. The fraction of sp³-hybridized carbons (Fsp3) is 0.474. The smallest absolute Gasteiger partial charge is 0.216 e. The van der Waals surface area contributed by atoms with E-state index >= 15 is 0 Å². The van der Waals surface area contributed by atoms with Gasteiger partial charge in [-0.3, -0.25) is 14.8 Å². The van der Waals surface area contributed by atoms with Gasteiger partial charge in [0.15, 0.2) is 11.7 Å². The molecule has 3 rings (SSSR count). The van der Waals surface area contributed by atoms with E-state index in [2.05, 4.69) is 55.8 Å². The number of nitrogens with zero attached hydrogens (tertiary/aromatic N) is 5. The van der Waals surface area contributed by atoms with Gasteiger partial charge in [0.2, 0.25) is 5.82 Å². The highest BCUT2D eigenvalue weighted by Gasteiger charge is 2.08. The Balaban J connectivity index is 0.00000300. The quantitative estimate of drug-likeness (QED) is 0.176. The average Bonchev–Trinajstić information content (AvgIpc) is 3.40. The third kappa shape index (κ3) is 6.87. The van der Waals surface area contributed by atoms with E-state index in [-0.39, 0.29) is 24.0 Å². The molecule has 10 heteroatoms. The molecule has 0 atom stereocenters. The van der Waals surface area contributed by atoms with Gasteiger partial charge in [-0.15, -0.1) is 24.0 Å². The number of aromatic nitrogens is 5. The van der Waals surface area contributed by atoms with Gasteiger partial charge in [-0.25, -0.2) is 4.98 Å². The summed E-state index contributed by atoms with van der Waals surface area (Å²) in [5.74, 6) is 2.85. The van der Waals surface area contributed by atoms with Crippen LogP contribution in [0.25, 0.3) is 11.6 Å². The SMILES string of the molecule is CCNC(=NCCCn1nc(C)cc1C)NCCc1nc(-c2ccco2)n[nH]1.I. The maximum absolute atomic E-state index is 5.31. The summed E-state index contributed by atoms with van der Waals surface area (Å²) >= 11 is 0. The Kier molecular flexibility index (Phi) is 9.16. The summed E-state index contributed by atoms with van der Waals surface area (Å²) < 4.78 is 7.34. The predicted octanol–water partition coefficient (Wildman–Crippen LogP) is 2.68. The molecule has 29 heavy (non-hydrogen) atoms. The highest BCUT2D eigenvalue weighted by molar-refractivity contribution is 14.0. The maximum atomic E-state index is 5.31. The van der Waals surface area contributed by atoms with E-state index in [0.717, 1.165) is 43.5 Å². The molecule has 0 aliphatic heterocycles. The van der Waals surface area contributed by atoms with Crippen molar-refractivity contribution in [3.05, 3.63) is 41.7 Å². The minimum atomic E-state index is 0. The van der Waals surface area contributed by atoms with Crippen LogP contribution >= 0.6 is 24.0 Å². The molecule has 3 N–H and O–H groups in total. The number of aryl methyl sites for hydroxylation is 3. The summed E-state index contributed by atoms with van der Waals surface area (Å²) in [7, 11) is 0. The molecule has 9 nitrogen and oxygen atoms in total. The van der Waals surface area contributed by atoms with E-state index in [0.29, 0.717) is 24.6 Å². The van der Waals surface area contributed by atoms with E-state index in [4.69, 9.17) is 4.42 Å². The van der Waals surface area contributed by atoms with Crippen LogP contribution in [0.3, 0.4) is 0 Å². The van der Waals surface area contributed by atoms with Gasteiger partial charge in [-0.1, -0.05) is 0 Å². The molecule has 0 saturated heterocycles. The first-order chi connectivity index (χ1) is 13.7. The summed E-state index contributed by atoms with van der Waals surface area (Å²) in [6, 6.07) is 5.75. The number of aromatic amines is 1. The van der Waals surface area contributed by atoms with Crippen LogP contribution in [-0.2, 0) is 13.0 Å². The molecule has 0 aliphatic rings. The Bertz CT molecular complexity index is 884. The summed E-state index contributed by atoms with van der Waals surface area (Å²) in [6.07, 6.45) is 3.26. The molecule has 0 aliphatic carbocycles. The lowest BCUT2D eigenvalue weighted by Gasteiger charge is -2.10. The van der Waals surface area contributed by atoms with Crippen LogP contribution in [0.15, 0.2) is 33.9 Å². The summed E-state index contributed by atoms with van der Waals surface area (Å²) in [5.41, 5.74) is 2.24. The minimum absolute atomic E-state index is 0. The molecule has 3 aromatic heterocycles. The van der Waals surface area contributed by atoms with E-state index in [1.165, 1.54) is 5.69 Å². The van der Waals surface area contributed by atoms with Crippen LogP contribution in [0, 0.1) is 13.8 Å². The van der Waals surface area contributed by atoms with Crippen LogP contribution < -0.4 is 10.6 Å². The van der Waals surface area contributed by atoms with Gasteiger partial charge in [-0.2, -0.15) is 10.2 Å². The molecule has 0 bridgehead atoms. The highest BCUT2D eigenvalue weighted by atomic mass is 127. The molecular weight excluding hydrogens is 483 g/mol. The molecule has 0 unspecified atom stereocenters. The van der Waals surface area contributed by atoms with Gasteiger partial charge in [-0.05, 0) is 45.4 Å². The Morgan fingerprint density at radius 2 is 2.17 bits per heavy atom. The van der Waals surface area contributed by atoms with Crippen LogP contribution in [-0.4, -0.2) is 50.6 Å². The van der Waals surface area contributed by atoms with Gasteiger partial charge in [0, 0.05) is 38.3 Å². The second-order valence-electron chi connectivity index (χ2n) is 6.52. The largest absolute Gasteiger partial charge is 0.461 e. The Hall–Kier alpha value is -2.37. The Labute approximate surface area is 187 Å². The number of aliphatic imine (C=N–C) groups is 1. The monoisotopic (exact) mass is 512 g/mol. The number of hydrogen-bond donors (Lipinski definition) is 3. The Morgan fingerprint density at radius 3 is 2.86 bits per heavy atom. The van der Waals surface area contributed by atoms with Crippen LogP contribution in [0.5, 0.6) is 0 Å². The zero-order chi connectivity index (χ0) is 19.8. The van der Waals surface area contributed by atoms with Crippen molar-refractivity contribution >= 4 is 29.9 Å². The first kappa shape index (κ1) is 22.9. The second kappa shape index (κ2) is 11.6. The topological polar surface area (TPSA) is 109 Å². The minimum Gasteiger partial charge on any atom is -0.461 e. The molecule has 0 aromatic carbocycles. The van der Waals surface area contributed by atoms with Crippen LogP contribution in [0.2, 0.25) is 0 Å². The number of furan rings is 1. The molecule has 0 spiro atoms. The molecular formula is C19H29IN8O. The van der Waals surface area contributed by atoms with Crippen LogP contribution in [0.1, 0.15) is 30.6 Å². The summed E-state index contributed by atoms with van der Waals surface area (Å²) in [6.45, 7) is 9.27. The zero-order valence-electron chi connectivity index (χ0n) is 17.1. The second-order valence-corrected chi connectivity index (χ2v) is 6.52. The number of nitrogens with one attached hydrogen (secondary N) is 3. The maximum Gasteiger partial charge on any atom is 0.216 e. The number of H-pyrrole nitrogens is 1. The van der Waals surface area contributed by atoms with Crippen molar-refractivity contribution in [1.82, 2.24) is 35.6 Å². The predicted molar refractivity (Wildman–Crippen MR) is 124 cm³/mol. The fourth-order valence-electron chi connectivity index (χ4n) is 2.88. The lowest BCUT2D eigenvalue weighted by atomic mass is 10.4. The van der Waals surface area contributed by atoms with E-state index in [9.17, 15) is 0 Å². The fourth-order valence-corrected chi connectivity index (χ4v) is 2.88. The summed E-state index contributed by atoms with van der Waals surface area (Å²) in [4.78, 5) is 9.08. The molecule has 3 aromatic rings. The van der Waals surface area contributed by atoms with Gasteiger partial charge >= 0.3 is 0 Å². The summed E-state index contributed by atoms with van der Waals surface area (Å²) in [5, 5.41) is 18.2.